The van der Waals surface area contributed by atoms with Crippen LogP contribution in [0.15, 0.2) is 34.9 Å². The molecule has 180 valence electrons. The first-order valence-corrected chi connectivity index (χ1v) is 11.4. The second-order valence-electron chi connectivity index (χ2n) is 7.95. The number of nitrogens with zero attached hydrogens (tertiary/aromatic N) is 4. The molecule has 1 saturated heterocycles. The highest BCUT2D eigenvalue weighted by atomic mass is 32.1. The van der Waals surface area contributed by atoms with Gasteiger partial charge in [0, 0.05) is 49.3 Å². The summed E-state index contributed by atoms with van der Waals surface area (Å²) in [5, 5.41) is 3.43. The summed E-state index contributed by atoms with van der Waals surface area (Å²) in [6.45, 7) is 3.90. The van der Waals surface area contributed by atoms with Crippen molar-refractivity contribution in [2.75, 3.05) is 50.6 Å². The number of anilines is 2. The lowest BCUT2D eigenvalue weighted by atomic mass is 10.2. The van der Waals surface area contributed by atoms with Crippen LogP contribution in [-0.2, 0) is 4.79 Å². The Bertz CT molecular complexity index is 1180. The maximum Gasteiger partial charge on any atom is 0.289 e. The lowest BCUT2D eigenvalue weighted by molar-refractivity contribution is -0.116. The fourth-order valence-corrected chi connectivity index (χ4v) is 3.96. The minimum Gasteiger partial charge on any atom is -0.493 e. The summed E-state index contributed by atoms with van der Waals surface area (Å²) in [5.74, 6) is 1.85. The third-order valence-electron chi connectivity index (χ3n) is 5.51. The zero-order valence-electron chi connectivity index (χ0n) is 19.3. The number of rotatable bonds is 7. The second-order valence-corrected chi connectivity index (χ2v) is 8.84. The van der Waals surface area contributed by atoms with E-state index in [1.54, 1.807) is 43.4 Å². The Balaban J connectivity index is 1.63. The number of hydrogen-bond donors (Lipinski definition) is 2. The Hall–Kier alpha value is -3.47. The average molecular weight is 486 g/mol. The number of carbonyl (C=O) groups excluding carboxylic acids is 2. The first-order chi connectivity index (χ1) is 16.4. The van der Waals surface area contributed by atoms with E-state index in [-0.39, 0.29) is 23.5 Å². The van der Waals surface area contributed by atoms with Crippen molar-refractivity contribution in [2.45, 2.75) is 18.6 Å². The molecule has 3 heterocycles. The topological polar surface area (TPSA) is 110 Å². The summed E-state index contributed by atoms with van der Waals surface area (Å²) in [6, 6.07) is 6.86. The quantitative estimate of drug-likeness (QED) is 0.492. The van der Waals surface area contributed by atoms with Crippen LogP contribution in [0.1, 0.15) is 23.9 Å². The van der Waals surface area contributed by atoms with Gasteiger partial charge in [0.25, 0.3) is 5.91 Å². The Morgan fingerprint density at radius 2 is 1.85 bits per heavy atom. The molecule has 1 aromatic carbocycles. The standard InChI is InChI=1S/C23H27N5O5S/c1-14(34)11-20(29)25-21-15-12-18(31-2)19(32-3)13-16(15)24-23(26-21)28-8-6-27(7-9-28)22(30)17-5-4-10-33-17/h4-5,10,12-14,34H,6-9,11H2,1-3H3,(H,24,25,26,29). The van der Waals surface area contributed by atoms with Crippen molar-refractivity contribution < 1.29 is 23.5 Å². The summed E-state index contributed by atoms with van der Waals surface area (Å²) < 4.78 is 16.1. The van der Waals surface area contributed by atoms with Gasteiger partial charge in [0.05, 0.1) is 26.0 Å². The predicted octanol–water partition coefficient (Wildman–Crippen LogP) is 2.85. The normalized spacial score (nSPS) is 14.7. The third kappa shape index (κ3) is 5.04. The second kappa shape index (κ2) is 10.2. The van der Waals surface area contributed by atoms with Crippen LogP contribution in [0.3, 0.4) is 0 Å². The highest BCUT2D eigenvalue weighted by Crippen LogP contribution is 2.35. The average Bonchev–Trinajstić information content (AvgIpc) is 3.37. The molecule has 1 aliphatic heterocycles. The van der Waals surface area contributed by atoms with Gasteiger partial charge in [0.2, 0.25) is 11.9 Å². The molecular formula is C23H27N5O5S. The van der Waals surface area contributed by atoms with Crippen molar-refractivity contribution >= 4 is 47.1 Å². The molecule has 34 heavy (non-hydrogen) atoms. The van der Waals surface area contributed by atoms with Gasteiger partial charge in [-0.1, -0.05) is 6.92 Å². The summed E-state index contributed by atoms with van der Waals surface area (Å²) in [7, 11) is 3.10. The molecule has 1 fully saturated rings. The maximum atomic E-state index is 12.6. The Morgan fingerprint density at radius 3 is 2.47 bits per heavy atom. The van der Waals surface area contributed by atoms with E-state index in [9.17, 15) is 9.59 Å². The number of fused-ring (bicyclic) bond motifs is 1. The molecule has 4 rings (SSSR count). The van der Waals surface area contributed by atoms with Gasteiger partial charge in [-0.25, -0.2) is 4.98 Å². The highest BCUT2D eigenvalue weighted by Gasteiger charge is 2.26. The molecule has 1 aliphatic rings. The molecule has 0 radical (unpaired) electrons. The fraction of sp³-hybridized carbons (Fsp3) is 0.391. The van der Waals surface area contributed by atoms with E-state index in [1.165, 1.54) is 6.26 Å². The fourth-order valence-electron chi connectivity index (χ4n) is 3.80. The van der Waals surface area contributed by atoms with Crippen LogP contribution < -0.4 is 19.7 Å². The monoisotopic (exact) mass is 485 g/mol. The minimum absolute atomic E-state index is 0.0954. The van der Waals surface area contributed by atoms with Gasteiger partial charge in [0.1, 0.15) is 5.82 Å². The van der Waals surface area contributed by atoms with E-state index in [1.807, 2.05) is 11.8 Å². The predicted molar refractivity (Wildman–Crippen MR) is 131 cm³/mol. The molecule has 1 unspecified atom stereocenters. The summed E-state index contributed by atoms with van der Waals surface area (Å²) in [5.41, 5.74) is 0.603. The summed E-state index contributed by atoms with van der Waals surface area (Å²) >= 11 is 4.31. The number of benzene rings is 1. The number of carbonyl (C=O) groups is 2. The van der Waals surface area contributed by atoms with Crippen molar-refractivity contribution in [1.82, 2.24) is 14.9 Å². The van der Waals surface area contributed by atoms with Gasteiger partial charge in [-0.2, -0.15) is 17.6 Å². The van der Waals surface area contributed by atoms with E-state index < -0.39 is 0 Å². The molecule has 0 spiro atoms. The molecule has 10 nitrogen and oxygen atoms in total. The molecule has 1 atom stereocenters. The SMILES string of the molecule is COc1cc2nc(N3CCN(C(=O)c4ccco4)CC3)nc(NC(=O)CC(C)S)c2cc1OC. The van der Waals surface area contributed by atoms with Crippen LogP contribution in [0.2, 0.25) is 0 Å². The van der Waals surface area contributed by atoms with E-state index in [2.05, 4.69) is 22.9 Å². The van der Waals surface area contributed by atoms with Crippen LogP contribution in [0.5, 0.6) is 11.5 Å². The summed E-state index contributed by atoms with van der Waals surface area (Å²) in [6.07, 6.45) is 1.73. The number of hydrogen-bond acceptors (Lipinski definition) is 9. The first kappa shape index (κ1) is 23.7. The minimum atomic E-state index is -0.197. The number of ether oxygens (including phenoxy) is 2. The van der Waals surface area contributed by atoms with Gasteiger partial charge in [-0.05, 0) is 18.2 Å². The molecule has 3 aromatic rings. The van der Waals surface area contributed by atoms with Crippen molar-refractivity contribution in [3.05, 3.63) is 36.3 Å². The highest BCUT2D eigenvalue weighted by molar-refractivity contribution is 7.80. The van der Waals surface area contributed by atoms with E-state index in [0.717, 1.165) is 0 Å². The molecule has 0 aliphatic carbocycles. The number of methoxy groups -OCH3 is 2. The van der Waals surface area contributed by atoms with Gasteiger partial charge in [-0.3, -0.25) is 9.59 Å². The largest absolute Gasteiger partial charge is 0.493 e. The van der Waals surface area contributed by atoms with Crippen LogP contribution in [-0.4, -0.2) is 72.3 Å². The van der Waals surface area contributed by atoms with Crippen molar-refractivity contribution in [3.8, 4) is 11.5 Å². The zero-order valence-corrected chi connectivity index (χ0v) is 20.2. The number of aromatic nitrogens is 2. The summed E-state index contributed by atoms with van der Waals surface area (Å²) in [4.78, 5) is 38.2. The number of thiol groups is 1. The van der Waals surface area contributed by atoms with E-state index >= 15 is 0 Å². The van der Waals surface area contributed by atoms with Crippen molar-refractivity contribution in [1.29, 1.82) is 0 Å². The van der Waals surface area contributed by atoms with Crippen LogP contribution >= 0.6 is 12.6 Å². The third-order valence-corrected chi connectivity index (χ3v) is 5.69. The van der Waals surface area contributed by atoms with Crippen LogP contribution in [0.4, 0.5) is 11.8 Å². The molecule has 11 heteroatoms. The van der Waals surface area contributed by atoms with Gasteiger partial charge in [-0.15, -0.1) is 0 Å². The molecule has 2 amide bonds. The molecule has 2 aromatic heterocycles. The number of furan rings is 1. The van der Waals surface area contributed by atoms with Crippen molar-refractivity contribution in [3.63, 3.8) is 0 Å². The van der Waals surface area contributed by atoms with Crippen LogP contribution in [0.25, 0.3) is 10.9 Å². The zero-order chi connectivity index (χ0) is 24.2. The molecule has 0 bridgehead atoms. The first-order valence-electron chi connectivity index (χ1n) is 10.9. The number of piperazine rings is 1. The van der Waals surface area contributed by atoms with E-state index in [4.69, 9.17) is 18.9 Å². The Kier molecular flexibility index (Phi) is 7.11. The lowest BCUT2D eigenvalue weighted by Gasteiger charge is -2.34. The maximum absolute atomic E-state index is 12.6. The molecule has 1 N–H and O–H groups in total. The Morgan fingerprint density at radius 1 is 1.15 bits per heavy atom. The van der Waals surface area contributed by atoms with Gasteiger partial charge >= 0.3 is 0 Å². The lowest BCUT2D eigenvalue weighted by Crippen LogP contribution is -2.49. The van der Waals surface area contributed by atoms with E-state index in [0.29, 0.717) is 66.1 Å². The van der Waals surface area contributed by atoms with Crippen molar-refractivity contribution in [2.24, 2.45) is 0 Å². The van der Waals surface area contributed by atoms with Gasteiger partial charge < -0.3 is 29.0 Å². The number of amides is 2. The number of nitrogens with one attached hydrogen (secondary N) is 1. The molecular weight excluding hydrogens is 458 g/mol. The smallest absolute Gasteiger partial charge is 0.289 e. The Labute approximate surface area is 202 Å². The van der Waals surface area contributed by atoms with Crippen LogP contribution in [0, 0.1) is 0 Å². The van der Waals surface area contributed by atoms with Gasteiger partial charge in [0.15, 0.2) is 17.3 Å². The molecule has 0 saturated carbocycles.